The Labute approximate surface area is 105 Å². The first-order valence-corrected chi connectivity index (χ1v) is 7.57. The first-order valence-electron chi connectivity index (χ1n) is 4.54. The molecule has 0 aliphatic rings. The van der Waals surface area contributed by atoms with Crippen LogP contribution in [0.3, 0.4) is 0 Å². The molecule has 0 bridgehead atoms. The maximum atomic E-state index is 12.5. The highest BCUT2D eigenvalue weighted by atomic mass is 35.6. The average Bonchev–Trinajstić information content (AvgIpc) is 2.16. The molecule has 1 nitrogen and oxygen atoms in total. The quantitative estimate of drug-likeness (QED) is 0.584. The summed E-state index contributed by atoms with van der Waals surface area (Å²) in [6, 6.07) is 7.27. The van der Waals surface area contributed by atoms with Gasteiger partial charge in [0.1, 0.15) is 0 Å². The summed E-state index contributed by atoms with van der Waals surface area (Å²) in [6.07, 6.45) is 0.340. The van der Waals surface area contributed by atoms with Gasteiger partial charge in [0.15, 0.2) is 7.14 Å². The number of benzene rings is 1. The smallest absolute Gasteiger partial charge is 0.246 e. The predicted molar refractivity (Wildman–Crippen MR) is 69.3 cm³/mol. The van der Waals surface area contributed by atoms with Gasteiger partial charge in [-0.25, -0.2) is 0 Å². The molecule has 0 saturated carbocycles. The topological polar surface area (TPSA) is 17.1 Å². The van der Waals surface area contributed by atoms with Gasteiger partial charge in [-0.2, -0.15) is 0 Å². The summed E-state index contributed by atoms with van der Waals surface area (Å²) >= 11 is 17.3. The lowest BCUT2D eigenvalue weighted by Crippen LogP contribution is -2.18. The van der Waals surface area contributed by atoms with Crippen molar-refractivity contribution < 1.29 is 4.57 Å². The standard InChI is InChI=1S/C10H12Cl3OP/c1-3-15(14,10(11,12)13)9-6-4-8(2)5-7-9/h4-7H,3H2,1-2H3. The molecule has 0 N–H and O–H groups in total. The summed E-state index contributed by atoms with van der Waals surface area (Å²) in [7, 11) is -2.96. The zero-order valence-corrected chi connectivity index (χ0v) is 11.7. The SMILES string of the molecule is CCP(=O)(c1ccc(C)cc1)C(Cl)(Cl)Cl. The highest BCUT2D eigenvalue weighted by Gasteiger charge is 2.43. The van der Waals surface area contributed by atoms with Gasteiger partial charge in [-0.3, -0.25) is 0 Å². The van der Waals surface area contributed by atoms with Crippen molar-refractivity contribution in [3.8, 4) is 0 Å². The first-order chi connectivity index (χ1) is 6.81. The Morgan fingerprint density at radius 3 is 2.00 bits per heavy atom. The lowest BCUT2D eigenvalue weighted by Gasteiger charge is -2.24. The van der Waals surface area contributed by atoms with E-state index in [1.54, 1.807) is 19.1 Å². The summed E-state index contributed by atoms with van der Waals surface area (Å²) in [5, 5.41) is 0.621. The first kappa shape index (κ1) is 13.4. The van der Waals surface area contributed by atoms with Crippen molar-refractivity contribution in [1.82, 2.24) is 0 Å². The van der Waals surface area contributed by atoms with Crippen LogP contribution in [0.25, 0.3) is 0 Å². The van der Waals surface area contributed by atoms with Crippen LogP contribution in [-0.4, -0.2) is 9.70 Å². The zero-order chi connectivity index (χ0) is 11.7. The number of rotatable bonds is 2. The molecule has 1 aromatic carbocycles. The van der Waals surface area contributed by atoms with Crippen molar-refractivity contribution >= 4 is 47.2 Å². The van der Waals surface area contributed by atoms with Crippen LogP contribution in [0.2, 0.25) is 0 Å². The Kier molecular flexibility index (Phi) is 4.17. The van der Waals surface area contributed by atoms with E-state index in [9.17, 15) is 4.57 Å². The minimum atomic E-state index is -2.96. The molecule has 1 aromatic rings. The van der Waals surface area contributed by atoms with E-state index in [0.717, 1.165) is 5.56 Å². The minimum Gasteiger partial charge on any atom is -0.314 e. The number of aryl methyl sites for hydroxylation is 1. The molecule has 1 unspecified atom stereocenters. The van der Waals surface area contributed by atoms with E-state index < -0.39 is 10.7 Å². The fourth-order valence-electron chi connectivity index (χ4n) is 1.29. The molecule has 0 saturated heterocycles. The Bertz CT molecular complexity index is 381. The van der Waals surface area contributed by atoms with Crippen LogP contribution < -0.4 is 5.30 Å². The monoisotopic (exact) mass is 284 g/mol. The van der Waals surface area contributed by atoms with Crippen LogP contribution in [0.15, 0.2) is 24.3 Å². The third-order valence-corrected chi connectivity index (χ3v) is 7.61. The number of halogens is 3. The van der Waals surface area contributed by atoms with Gasteiger partial charge in [0.25, 0.3) is 0 Å². The van der Waals surface area contributed by atoms with Gasteiger partial charge in [0.2, 0.25) is 3.53 Å². The van der Waals surface area contributed by atoms with Crippen LogP contribution >= 0.6 is 41.9 Å². The molecule has 84 valence electrons. The number of hydrogen-bond acceptors (Lipinski definition) is 1. The van der Waals surface area contributed by atoms with Crippen LogP contribution in [0.4, 0.5) is 0 Å². The van der Waals surface area contributed by atoms with Crippen molar-refractivity contribution in [2.45, 2.75) is 17.4 Å². The van der Waals surface area contributed by atoms with Gasteiger partial charge in [-0.05, 0) is 6.92 Å². The Morgan fingerprint density at radius 2 is 1.67 bits per heavy atom. The van der Waals surface area contributed by atoms with Crippen molar-refractivity contribution in [3.63, 3.8) is 0 Å². The largest absolute Gasteiger partial charge is 0.314 e. The van der Waals surface area contributed by atoms with Crippen LogP contribution in [0.1, 0.15) is 12.5 Å². The molecule has 0 aliphatic carbocycles. The third-order valence-electron chi connectivity index (χ3n) is 2.31. The van der Waals surface area contributed by atoms with Crippen LogP contribution in [0.5, 0.6) is 0 Å². The second-order valence-electron chi connectivity index (χ2n) is 3.36. The number of alkyl halides is 3. The molecule has 15 heavy (non-hydrogen) atoms. The fraction of sp³-hybridized carbons (Fsp3) is 0.400. The van der Waals surface area contributed by atoms with Gasteiger partial charge in [-0.15, -0.1) is 0 Å². The minimum absolute atomic E-state index is 0.340. The molecule has 0 amide bonds. The van der Waals surface area contributed by atoms with Crippen LogP contribution in [-0.2, 0) is 4.57 Å². The molecule has 0 heterocycles. The molecule has 1 rings (SSSR count). The van der Waals surface area contributed by atoms with E-state index in [4.69, 9.17) is 34.8 Å². The van der Waals surface area contributed by atoms with E-state index in [-0.39, 0.29) is 0 Å². The Morgan fingerprint density at radius 1 is 1.20 bits per heavy atom. The van der Waals surface area contributed by atoms with Crippen molar-refractivity contribution in [3.05, 3.63) is 29.8 Å². The van der Waals surface area contributed by atoms with Crippen molar-refractivity contribution in [2.75, 3.05) is 6.16 Å². The Balaban J connectivity index is 3.24. The van der Waals surface area contributed by atoms with Gasteiger partial charge in [-0.1, -0.05) is 71.6 Å². The average molecular weight is 286 g/mol. The second kappa shape index (κ2) is 4.67. The Hall–Kier alpha value is 0.320. The normalized spacial score (nSPS) is 16.1. The molecular weight excluding hydrogens is 273 g/mol. The van der Waals surface area contributed by atoms with E-state index in [2.05, 4.69) is 0 Å². The van der Waals surface area contributed by atoms with Crippen molar-refractivity contribution in [2.24, 2.45) is 0 Å². The molecule has 5 heteroatoms. The lowest BCUT2D eigenvalue weighted by atomic mass is 10.2. The van der Waals surface area contributed by atoms with E-state index >= 15 is 0 Å². The summed E-state index contributed by atoms with van der Waals surface area (Å²) in [6.45, 7) is 3.72. The molecular formula is C10H12Cl3OP. The van der Waals surface area contributed by atoms with E-state index in [0.29, 0.717) is 11.5 Å². The fourth-order valence-corrected chi connectivity index (χ4v) is 4.89. The summed E-state index contributed by atoms with van der Waals surface area (Å²) in [4.78, 5) is 0. The maximum Gasteiger partial charge on any atom is 0.246 e. The van der Waals surface area contributed by atoms with Crippen molar-refractivity contribution in [1.29, 1.82) is 0 Å². The highest BCUT2D eigenvalue weighted by Crippen LogP contribution is 2.63. The molecule has 1 atom stereocenters. The summed E-state index contributed by atoms with van der Waals surface area (Å²) in [5.41, 5.74) is 1.09. The maximum absolute atomic E-state index is 12.5. The lowest BCUT2D eigenvalue weighted by molar-refractivity contribution is 0.582. The van der Waals surface area contributed by atoms with Gasteiger partial charge in [0.05, 0.1) is 0 Å². The van der Waals surface area contributed by atoms with E-state index in [1.165, 1.54) is 0 Å². The predicted octanol–water partition coefficient (Wildman–Crippen LogP) is 4.33. The van der Waals surface area contributed by atoms with E-state index in [1.807, 2.05) is 19.1 Å². The van der Waals surface area contributed by atoms with Crippen LogP contribution in [0, 0.1) is 6.92 Å². The highest BCUT2D eigenvalue weighted by molar-refractivity contribution is 7.78. The molecule has 0 fully saturated rings. The molecule has 0 aliphatic heterocycles. The van der Waals surface area contributed by atoms with Gasteiger partial charge >= 0.3 is 0 Å². The second-order valence-corrected chi connectivity index (χ2v) is 9.73. The number of hydrogen-bond donors (Lipinski definition) is 0. The summed E-state index contributed by atoms with van der Waals surface area (Å²) in [5.74, 6) is 0. The summed E-state index contributed by atoms with van der Waals surface area (Å²) < 4.78 is 10.8. The molecule has 0 aromatic heterocycles. The third kappa shape index (κ3) is 2.71. The van der Waals surface area contributed by atoms with Gasteiger partial charge in [0, 0.05) is 11.5 Å². The van der Waals surface area contributed by atoms with Gasteiger partial charge < -0.3 is 4.57 Å². The zero-order valence-electron chi connectivity index (χ0n) is 8.51. The molecule has 0 spiro atoms. The molecule has 0 radical (unpaired) electrons.